The minimum atomic E-state index is -0.352. The molecular formula is C13H19N3O2. The van der Waals surface area contributed by atoms with Crippen molar-refractivity contribution in [1.29, 1.82) is 0 Å². The summed E-state index contributed by atoms with van der Waals surface area (Å²) in [6, 6.07) is 5.09. The summed E-state index contributed by atoms with van der Waals surface area (Å²) < 4.78 is 0. The van der Waals surface area contributed by atoms with Crippen LogP contribution < -0.4 is 10.6 Å². The van der Waals surface area contributed by atoms with Gasteiger partial charge in [-0.15, -0.1) is 0 Å². The number of nitrogens with zero attached hydrogens (tertiary/aromatic N) is 1. The van der Waals surface area contributed by atoms with Crippen LogP contribution >= 0.6 is 0 Å². The van der Waals surface area contributed by atoms with E-state index in [1.54, 1.807) is 12.1 Å². The third kappa shape index (κ3) is 3.12. The van der Waals surface area contributed by atoms with E-state index in [2.05, 4.69) is 10.6 Å². The van der Waals surface area contributed by atoms with E-state index in [4.69, 9.17) is 0 Å². The predicted octanol–water partition coefficient (Wildman–Crippen LogP) is 3.24. The molecule has 1 saturated carbocycles. The number of non-ortho nitro benzene ring substituents is 1. The van der Waals surface area contributed by atoms with E-state index in [-0.39, 0.29) is 10.6 Å². The summed E-state index contributed by atoms with van der Waals surface area (Å²) >= 11 is 0. The zero-order valence-electron chi connectivity index (χ0n) is 10.6. The number of rotatable bonds is 6. The molecule has 1 aliphatic rings. The first-order valence-electron chi connectivity index (χ1n) is 6.46. The lowest BCUT2D eigenvalue weighted by Crippen LogP contribution is -2.20. The third-order valence-corrected chi connectivity index (χ3v) is 3.33. The summed E-state index contributed by atoms with van der Waals surface area (Å²) in [5.41, 5.74) is 1.75. The Bertz CT molecular complexity index is 430. The van der Waals surface area contributed by atoms with Gasteiger partial charge < -0.3 is 10.6 Å². The molecule has 1 fully saturated rings. The minimum absolute atomic E-state index is 0.129. The van der Waals surface area contributed by atoms with Crippen molar-refractivity contribution in [3.05, 3.63) is 28.3 Å². The van der Waals surface area contributed by atoms with Gasteiger partial charge in [-0.3, -0.25) is 10.1 Å². The maximum Gasteiger partial charge on any atom is 0.273 e. The highest BCUT2D eigenvalue weighted by Gasteiger charge is 2.17. The van der Waals surface area contributed by atoms with Crippen LogP contribution in [0.1, 0.15) is 26.2 Å². The van der Waals surface area contributed by atoms with Crippen molar-refractivity contribution in [2.24, 2.45) is 5.92 Å². The standard InChI is InChI=1S/C13H19N3O2/c1-2-14-11-6-12(8-13(7-11)16(17)18)15-9-10-4-3-5-10/h6-8,10,14-15H,2-5,9H2,1H3. The molecule has 0 radical (unpaired) electrons. The Hall–Kier alpha value is -1.78. The molecule has 0 bridgehead atoms. The summed E-state index contributed by atoms with van der Waals surface area (Å²) in [5.74, 6) is 0.729. The fraction of sp³-hybridized carbons (Fsp3) is 0.538. The van der Waals surface area contributed by atoms with Crippen molar-refractivity contribution >= 4 is 17.1 Å². The first kappa shape index (κ1) is 12.7. The molecule has 5 nitrogen and oxygen atoms in total. The molecule has 1 aromatic rings. The molecule has 2 N–H and O–H groups in total. The Morgan fingerprint density at radius 2 is 1.94 bits per heavy atom. The molecule has 1 aromatic carbocycles. The molecule has 0 aliphatic heterocycles. The van der Waals surface area contributed by atoms with Gasteiger partial charge in [0.25, 0.3) is 5.69 Å². The number of benzene rings is 1. The summed E-state index contributed by atoms with van der Waals surface area (Å²) in [7, 11) is 0. The molecular weight excluding hydrogens is 230 g/mol. The molecule has 98 valence electrons. The number of hydrogen-bond acceptors (Lipinski definition) is 4. The van der Waals surface area contributed by atoms with Gasteiger partial charge in [-0.25, -0.2) is 0 Å². The number of nitro benzene ring substituents is 1. The van der Waals surface area contributed by atoms with Crippen LogP contribution in [0.4, 0.5) is 17.1 Å². The normalized spacial score (nSPS) is 14.9. The lowest BCUT2D eigenvalue weighted by atomic mass is 9.85. The van der Waals surface area contributed by atoms with Crippen molar-refractivity contribution in [1.82, 2.24) is 0 Å². The van der Waals surface area contributed by atoms with E-state index in [1.807, 2.05) is 13.0 Å². The maximum absolute atomic E-state index is 10.9. The lowest BCUT2D eigenvalue weighted by Gasteiger charge is -2.25. The highest BCUT2D eigenvalue weighted by Crippen LogP contribution is 2.28. The number of nitrogens with one attached hydrogen (secondary N) is 2. The maximum atomic E-state index is 10.9. The predicted molar refractivity (Wildman–Crippen MR) is 73.1 cm³/mol. The van der Waals surface area contributed by atoms with Crippen molar-refractivity contribution in [3.8, 4) is 0 Å². The van der Waals surface area contributed by atoms with Crippen molar-refractivity contribution < 1.29 is 4.92 Å². The van der Waals surface area contributed by atoms with E-state index >= 15 is 0 Å². The highest BCUT2D eigenvalue weighted by molar-refractivity contribution is 5.63. The SMILES string of the molecule is CCNc1cc(NCC2CCC2)cc([N+](=O)[O-])c1. The van der Waals surface area contributed by atoms with Crippen LogP contribution in [-0.2, 0) is 0 Å². The average molecular weight is 249 g/mol. The van der Waals surface area contributed by atoms with Gasteiger partial charge in [0, 0.05) is 36.6 Å². The van der Waals surface area contributed by atoms with E-state index in [9.17, 15) is 10.1 Å². The molecule has 0 amide bonds. The van der Waals surface area contributed by atoms with Crippen LogP contribution in [0, 0.1) is 16.0 Å². The van der Waals surface area contributed by atoms with E-state index in [0.717, 1.165) is 30.4 Å². The van der Waals surface area contributed by atoms with Crippen molar-refractivity contribution in [3.63, 3.8) is 0 Å². The summed E-state index contributed by atoms with van der Waals surface area (Å²) in [4.78, 5) is 10.5. The topological polar surface area (TPSA) is 67.2 Å². The van der Waals surface area contributed by atoms with Crippen LogP contribution in [0.3, 0.4) is 0 Å². The quantitative estimate of drug-likeness (QED) is 0.600. The van der Waals surface area contributed by atoms with Crippen LogP contribution in [-0.4, -0.2) is 18.0 Å². The zero-order valence-corrected chi connectivity index (χ0v) is 10.6. The molecule has 0 aromatic heterocycles. The minimum Gasteiger partial charge on any atom is -0.385 e. The first-order chi connectivity index (χ1) is 8.69. The Kier molecular flexibility index (Phi) is 4.02. The van der Waals surface area contributed by atoms with Gasteiger partial charge in [-0.1, -0.05) is 6.42 Å². The zero-order chi connectivity index (χ0) is 13.0. The molecule has 0 saturated heterocycles. The fourth-order valence-electron chi connectivity index (χ4n) is 2.08. The number of hydrogen-bond donors (Lipinski definition) is 2. The largest absolute Gasteiger partial charge is 0.385 e. The fourth-order valence-corrected chi connectivity index (χ4v) is 2.08. The summed E-state index contributed by atoms with van der Waals surface area (Å²) in [5, 5.41) is 17.3. The molecule has 1 aliphatic carbocycles. The second-order valence-electron chi connectivity index (χ2n) is 4.73. The van der Waals surface area contributed by atoms with Crippen LogP contribution in [0.15, 0.2) is 18.2 Å². The van der Waals surface area contributed by atoms with Crippen LogP contribution in [0.2, 0.25) is 0 Å². The Morgan fingerprint density at radius 1 is 1.28 bits per heavy atom. The summed E-state index contributed by atoms with van der Waals surface area (Å²) in [6.45, 7) is 3.64. The van der Waals surface area contributed by atoms with Crippen LogP contribution in [0.25, 0.3) is 0 Å². The van der Waals surface area contributed by atoms with Gasteiger partial charge in [-0.2, -0.15) is 0 Å². The Morgan fingerprint density at radius 3 is 2.44 bits per heavy atom. The smallest absolute Gasteiger partial charge is 0.273 e. The van der Waals surface area contributed by atoms with Gasteiger partial charge in [0.05, 0.1) is 4.92 Å². The molecule has 0 atom stereocenters. The lowest BCUT2D eigenvalue weighted by molar-refractivity contribution is -0.384. The monoisotopic (exact) mass is 249 g/mol. The second kappa shape index (κ2) is 5.71. The molecule has 0 unspecified atom stereocenters. The second-order valence-corrected chi connectivity index (χ2v) is 4.73. The van der Waals surface area contributed by atoms with Crippen molar-refractivity contribution in [2.45, 2.75) is 26.2 Å². The molecule has 0 spiro atoms. The van der Waals surface area contributed by atoms with E-state index in [1.165, 1.54) is 19.3 Å². The van der Waals surface area contributed by atoms with Gasteiger partial charge >= 0.3 is 0 Å². The molecule has 0 heterocycles. The first-order valence-corrected chi connectivity index (χ1v) is 6.46. The van der Waals surface area contributed by atoms with Gasteiger partial charge in [0.2, 0.25) is 0 Å². The van der Waals surface area contributed by atoms with E-state index in [0.29, 0.717) is 0 Å². The summed E-state index contributed by atoms with van der Waals surface area (Å²) in [6.07, 6.45) is 3.84. The Balaban J connectivity index is 2.08. The number of anilines is 2. The molecule has 5 heteroatoms. The van der Waals surface area contributed by atoms with Gasteiger partial charge in [0.15, 0.2) is 0 Å². The number of nitro groups is 1. The average Bonchev–Trinajstić information content (AvgIpc) is 2.27. The molecule has 18 heavy (non-hydrogen) atoms. The third-order valence-electron chi connectivity index (χ3n) is 3.33. The molecule has 2 rings (SSSR count). The van der Waals surface area contributed by atoms with Crippen LogP contribution in [0.5, 0.6) is 0 Å². The van der Waals surface area contributed by atoms with E-state index < -0.39 is 0 Å². The highest BCUT2D eigenvalue weighted by atomic mass is 16.6. The van der Waals surface area contributed by atoms with Crippen molar-refractivity contribution in [2.75, 3.05) is 23.7 Å². The Labute approximate surface area is 107 Å². The van der Waals surface area contributed by atoms with Gasteiger partial charge in [-0.05, 0) is 31.7 Å². The van der Waals surface area contributed by atoms with Gasteiger partial charge in [0.1, 0.15) is 0 Å².